The average Bonchev–Trinajstić information content (AvgIpc) is 2.62. The van der Waals surface area contributed by atoms with Crippen molar-refractivity contribution in [3.8, 4) is 5.75 Å². The SMILES string of the molecule is COc1ccc2c(c1)N(CC(=O)OC(C)C)C(=O)C2=O. The molecule has 0 bridgehead atoms. The predicted molar refractivity (Wildman–Crippen MR) is 70.9 cm³/mol. The first kappa shape index (κ1) is 14.0. The summed E-state index contributed by atoms with van der Waals surface area (Å²) in [6, 6.07) is 4.67. The van der Waals surface area contributed by atoms with E-state index in [1.165, 1.54) is 13.2 Å². The molecule has 0 radical (unpaired) electrons. The molecule has 0 saturated heterocycles. The summed E-state index contributed by atoms with van der Waals surface area (Å²) in [5.74, 6) is -1.40. The summed E-state index contributed by atoms with van der Waals surface area (Å²) in [6.07, 6.45) is -0.277. The van der Waals surface area contributed by atoms with Crippen LogP contribution in [0.5, 0.6) is 5.75 Å². The molecule has 0 aromatic heterocycles. The van der Waals surface area contributed by atoms with Gasteiger partial charge >= 0.3 is 5.97 Å². The maximum atomic E-state index is 11.9. The van der Waals surface area contributed by atoms with Crippen LogP contribution in [0.3, 0.4) is 0 Å². The lowest BCUT2D eigenvalue weighted by Crippen LogP contribution is -2.36. The van der Waals surface area contributed by atoms with Gasteiger partial charge in [-0.1, -0.05) is 0 Å². The van der Waals surface area contributed by atoms with Gasteiger partial charge in [0, 0.05) is 6.07 Å². The van der Waals surface area contributed by atoms with Crippen LogP contribution in [0.25, 0.3) is 0 Å². The van der Waals surface area contributed by atoms with Gasteiger partial charge in [-0.3, -0.25) is 19.3 Å². The van der Waals surface area contributed by atoms with Crippen LogP contribution in [-0.4, -0.2) is 37.4 Å². The van der Waals surface area contributed by atoms with Crippen LogP contribution in [0.15, 0.2) is 18.2 Å². The van der Waals surface area contributed by atoms with Crippen molar-refractivity contribution in [3.63, 3.8) is 0 Å². The van der Waals surface area contributed by atoms with Crippen LogP contribution in [0, 0.1) is 0 Å². The van der Waals surface area contributed by atoms with Gasteiger partial charge in [0.25, 0.3) is 11.7 Å². The molecule has 1 aromatic rings. The maximum Gasteiger partial charge on any atom is 0.326 e. The fourth-order valence-corrected chi connectivity index (χ4v) is 1.99. The molecule has 0 N–H and O–H groups in total. The van der Waals surface area contributed by atoms with Gasteiger partial charge in [0.1, 0.15) is 12.3 Å². The summed E-state index contributed by atoms with van der Waals surface area (Å²) in [5.41, 5.74) is 0.646. The molecule has 0 atom stereocenters. The second-order valence-electron chi connectivity index (χ2n) is 4.64. The highest BCUT2D eigenvalue weighted by Crippen LogP contribution is 2.32. The van der Waals surface area contributed by atoms with Crippen LogP contribution in [0.2, 0.25) is 0 Å². The first-order valence-electron chi connectivity index (χ1n) is 6.17. The summed E-state index contributed by atoms with van der Waals surface area (Å²) in [5, 5.41) is 0. The maximum absolute atomic E-state index is 11.9. The summed E-state index contributed by atoms with van der Waals surface area (Å²) >= 11 is 0. The number of esters is 1. The fraction of sp³-hybridized carbons (Fsp3) is 0.357. The van der Waals surface area contributed by atoms with Crippen molar-refractivity contribution < 1.29 is 23.9 Å². The van der Waals surface area contributed by atoms with Gasteiger partial charge in [-0.2, -0.15) is 0 Å². The van der Waals surface area contributed by atoms with Crippen molar-refractivity contribution in [2.45, 2.75) is 20.0 Å². The fourth-order valence-electron chi connectivity index (χ4n) is 1.99. The second-order valence-corrected chi connectivity index (χ2v) is 4.64. The molecule has 6 heteroatoms. The quantitative estimate of drug-likeness (QED) is 0.610. The Bertz CT molecular complexity index is 579. The van der Waals surface area contributed by atoms with Gasteiger partial charge in [-0.15, -0.1) is 0 Å². The number of carbonyl (C=O) groups is 3. The zero-order chi connectivity index (χ0) is 14.9. The molecule has 0 fully saturated rings. The average molecular weight is 277 g/mol. The Morgan fingerprint density at radius 2 is 2.00 bits per heavy atom. The first-order chi connectivity index (χ1) is 9.43. The molecule has 0 aliphatic carbocycles. The predicted octanol–water partition coefficient (Wildman–Crippen LogP) is 1.18. The summed E-state index contributed by atoms with van der Waals surface area (Å²) in [6.45, 7) is 3.14. The number of ether oxygens (including phenoxy) is 2. The highest BCUT2D eigenvalue weighted by Gasteiger charge is 2.37. The largest absolute Gasteiger partial charge is 0.497 e. The van der Waals surface area contributed by atoms with E-state index in [9.17, 15) is 14.4 Å². The molecule has 1 heterocycles. The minimum Gasteiger partial charge on any atom is -0.497 e. The Balaban J connectivity index is 2.29. The van der Waals surface area contributed by atoms with E-state index in [2.05, 4.69) is 0 Å². The van der Waals surface area contributed by atoms with E-state index in [4.69, 9.17) is 9.47 Å². The molecule has 1 amide bonds. The first-order valence-corrected chi connectivity index (χ1v) is 6.17. The van der Waals surface area contributed by atoms with E-state index in [1.807, 2.05) is 0 Å². The number of ketones is 1. The molecule has 0 saturated carbocycles. The number of rotatable bonds is 4. The Morgan fingerprint density at radius 1 is 1.30 bits per heavy atom. The molecule has 0 spiro atoms. The van der Waals surface area contributed by atoms with Crippen LogP contribution in [-0.2, 0) is 14.3 Å². The van der Waals surface area contributed by atoms with Gasteiger partial charge in [-0.05, 0) is 26.0 Å². The number of nitrogens with zero attached hydrogens (tertiary/aromatic N) is 1. The Kier molecular flexibility index (Phi) is 3.74. The number of hydrogen-bond acceptors (Lipinski definition) is 5. The molecule has 20 heavy (non-hydrogen) atoms. The number of benzene rings is 1. The molecule has 2 rings (SSSR count). The Morgan fingerprint density at radius 3 is 2.60 bits per heavy atom. The molecule has 1 aliphatic heterocycles. The van der Waals surface area contributed by atoms with E-state index < -0.39 is 17.7 Å². The standard InChI is InChI=1S/C14H15NO5/c1-8(2)20-12(16)7-15-11-6-9(19-3)4-5-10(11)13(17)14(15)18/h4-6,8H,7H2,1-3H3. The second kappa shape index (κ2) is 5.32. The third kappa shape index (κ3) is 2.49. The van der Waals surface area contributed by atoms with E-state index in [1.54, 1.807) is 26.0 Å². The number of methoxy groups -OCH3 is 1. The minimum atomic E-state index is -0.728. The molecular formula is C14H15NO5. The highest BCUT2D eigenvalue weighted by molar-refractivity contribution is 6.52. The number of amides is 1. The minimum absolute atomic E-state index is 0.271. The van der Waals surface area contributed by atoms with Crippen molar-refractivity contribution in [3.05, 3.63) is 23.8 Å². The molecule has 0 unspecified atom stereocenters. The highest BCUT2D eigenvalue weighted by atomic mass is 16.5. The Hall–Kier alpha value is -2.37. The van der Waals surface area contributed by atoms with Gasteiger partial charge in [0.2, 0.25) is 0 Å². The number of hydrogen-bond donors (Lipinski definition) is 0. The van der Waals surface area contributed by atoms with Crippen molar-refractivity contribution in [2.75, 3.05) is 18.6 Å². The smallest absolute Gasteiger partial charge is 0.326 e. The van der Waals surface area contributed by atoms with E-state index in [0.29, 0.717) is 11.4 Å². The van der Waals surface area contributed by atoms with Crippen LogP contribution in [0.4, 0.5) is 5.69 Å². The van der Waals surface area contributed by atoms with Gasteiger partial charge < -0.3 is 9.47 Å². The van der Waals surface area contributed by atoms with Crippen molar-refractivity contribution in [2.24, 2.45) is 0 Å². The summed E-state index contributed by atoms with van der Waals surface area (Å²) in [4.78, 5) is 36.5. The van der Waals surface area contributed by atoms with Gasteiger partial charge in [0.15, 0.2) is 0 Å². The van der Waals surface area contributed by atoms with Gasteiger partial charge in [0.05, 0.1) is 24.5 Å². The lowest BCUT2D eigenvalue weighted by atomic mass is 10.1. The third-order valence-corrected chi connectivity index (χ3v) is 2.83. The molecule has 6 nitrogen and oxygen atoms in total. The lowest BCUT2D eigenvalue weighted by molar-refractivity contribution is -0.146. The van der Waals surface area contributed by atoms with Crippen molar-refractivity contribution in [1.29, 1.82) is 0 Å². The lowest BCUT2D eigenvalue weighted by Gasteiger charge is -2.17. The third-order valence-electron chi connectivity index (χ3n) is 2.83. The topological polar surface area (TPSA) is 72.9 Å². The monoisotopic (exact) mass is 277 g/mol. The number of anilines is 1. The number of Topliss-reactive ketones (excluding diaryl/α,β-unsaturated/α-hetero) is 1. The van der Waals surface area contributed by atoms with E-state index in [0.717, 1.165) is 4.90 Å². The van der Waals surface area contributed by atoms with Crippen LogP contribution < -0.4 is 9.64 Å². The van der Waals surface area contributed by atoms with E-state index >= 15 is 0 Å². The number of fused-ring (bicyclic) bond motifs is 1. The number of carbonyl (C=O) groups excluding carboxylic acids is 3. The summed E-state index contributed by atoms with van der Waals surface area (Å²) in [7, 11) is 1.48. The van der Waals surface area contributed by atoms with Crippen molar-refractivity contribution in [1.82, 2.24) is 0 Å². The van der Waals surface area contributed by atoms with Crippen LogP contribution in [0.1, 0.15) is 24.2 Å². The van der Waals surface area contributed by atoms with Gasteiger partial charge in [-0.25, -0.2) is 0 Å². The van der Waals surface area contributed by atoms with E-state index in [-0.39, 0.29) is 18.2 Å². The molecular weight excluding hydrogens is 262 g/mol. The molecule has 1 aromatic carbocycles. The Labute approximate surface area is 116 Å². The zero-order valence-electron chi connectivity index (χ0n) is 11.5. The molecule has 1 aliphatic rings. The van der Waals surface area contributed by atoms with Crippen molar-refractivity contribution >= 4 is 23.3 Å². The summed E-state index contributed by atoms with van der Waals surface area (Å²) < 4.78 is 10.1. The molecule has 106 valence electrons. The normalized spacial score (nSPS) is 13.7. The van der Waals surface area contributed by atoms with Crippen LogP contribution >= 0.6 is 0 Å². The zero-order valence-corrected chi connectivity index (χ0v) is 11.5.